The van der Waals surface area contributed by atoms with Gasteiger partial charge in [0, 0.05) is 23.7 Å². The van der Waals surface area contributed by atoms with Crippen LogP contribution in [0.4, 0.5) is 16.3 Å². The lowest BCUT2D eigenvalue weighted by molar-refractivity contribution is 0.262. The number of thiocyanates is 1. The fraction of sp³-hybridized carbons (Fsp3) is 0.0833. The molecule has 0 fully saturated rings. The second kappa shape index (κ2) is 5.93. The molecular formula is C12H11N5OS. The Labute approximate surface area is 114 Å². The Balaban J connectivity index is 1.95. The smallest absolute Gasteiger partial charge is 0.308 e. The lowest BCUT2D eigenvalue weighted by Gasteiger charge is -2.07. The van der Waals surface area contributed by atoms with E-state index in [4.69, 9.17) is 5.26 Å². The van der Waals surface area contributed by atoms with Gasteiger partial charge in [0.2, 0.25) is 0 Å². The van der Waals surface area contributed by atoms with Crippen LogP contribution in [-0.4, -0.2) is 15.8 Å². The van der Waals surface area contributed by atoms with Gasteiger partial charge in [-0.05, 0) is 36.0 Å². The predicted molar refractivity (Wildman–Crippen MR) is 73.8 cm³/mol. The largest absolute Gasteiger partial charge is 0.324 e. The summed E-state index contributed by atoms with van der Waals surface area (Å²) < 4.78 is 1.56. The standard InChI is InChI=1S/C12H11N5OS/c1-17-11(6-7-14-17)16-12(18)15-9-2-4-10(5-3-9)19-8-13/h2-7H,1H3,(H2,15,16,18). The van der Waals surface area contributed by atoms with Gasteiger partial charge in [0.1, 0.15) is 11.2 Å². The number of nitrogens with zero attached hydrogens (tertiary/aromatic N) is 3. The van der Waals surface area contributed by atoms with Crippen molar-refractivity contribution in [1.82, 2.24) is 9.78 Å². The van der Waals surface area contributed by atoms with Crippen LogP contribution in [0.25, 0.3) is 0 Å². The first kappa shape index (κ1) is 13.0. The van der Waals surface area contributed by atoms with Crippen LogP contribution in [0.2, 0.25) is 0 Å². The van der Waals surface area contributed by atoms with Gasteiger partial charge in [-0.25, -0.2) is 4.79 Å². The average molecular weight is 273 g/mol. The molecule has 96 valence electrons. The van der Waals surface area contributed by atoms with Gasteiger partial charge < -0.3 is 5.32 Å². The third-order valence-electron chi connectivity index (χ3n) is 2.34. The first-order valence-electron chi connectivity index (χ1n) is 5.41. The van der Waals surface area contributed by atoms with Gasteiger partial charge in [-0.3, -0.25) is 10.00 Å². The summed E-state index contributed by atoms with van der Waals surface area (Å²) in [4.78, 5) is 12.6. The summed E-state index contributed by atoms with van der Waals surface area (Å²) in [7, 11) is 1.74. The molecule has 0 bridgehead atoms. The summed E-state index contributed by atoms with van der Waals surface area (Å²) in [5, 5.41) is 19.8. The highest BCUT2D eigenvalue weighted by Gasteiger charge is 2.05. The second-order valence-electron chi connectivity index (χ2n) is 3.64. The fourth-order valence-electron chi connectivity index (χ4n) is 1.43. The minimum atomic E-state index is -0.343. The van der Waals surface area contributed by atoms with Crippen LogP contribution in [0.3, 0.4) is 0 Å². The summed E-state index contributed by atoms with van der Waals surface area (Å²) in [6, 6.07) is 8.38. The Morgan fingerprint density at radius 2 is 2.05 bits per heavy atom. The van der Waals surface area contributed by atoms with E-state index in [2.05, 4.69) is 15.7 Å². The monoisotopic (exact) mass is 273 g/mol. The molecule has 0 unspecified atom stereocenters. The quantitative estimate of drug-likeness (QED) is 0.665. The number of nitriles is 1. The number of amides is 2. The van der Waals surface area contributed by atoms with Gasteiger partial charge in [0.15, 0.2) is 0 Å². The zero-order valence-corrected chi connectivity index (χ0v) is 10.9. The molecule has 1 aromatic carbocycles. The SMILES string of the molecule is Cn1nccc1NC(=O)Nc1ccc(SC#N)cc1. The van der Waals surface area contributed by atoms with Crippen molar-refractivity contribution >= 4 is 29.3 Å². The van der Waals surface area contributed by atoms with Gasteiger partial charge in [0.05, 0.1) is 6.20 Å². The van der Waals surface area contributed by atoms with Crippen LogP contribution < -0.4 is 10.6 Å². The summed E-state index contributed by atoms with van der Waals surface area (Å²) in [6.45, 7) is 0. The number of hydrogen-bond donors (Lipinski definition) is 2. The van der Waals surface area contributed by atoms with E-state index >= 15 is 0 Å². The van der Waals surface area contributed by atoms with Crippen LogP contribution in [0.15, 0.2) is 41.4 Å². The minimum absolute atomic E-state index is 0.343. The molecule has 0 aliphatic carbocycles. The molecule has 6 nitrogen and oxygen atoms in total. The van der Waals surface area contributed by atoms with E-state index in [0.29, 0.717) is 11.5 Å². The van der Waals surface area contributed by atoms with Crippen molar-refractivity contribution in [3.63, 3.8) is 0 Å². The highest BCUT2D eigenvalue weighted by Crippen LogP contribution is 2.19. The lowest BCUT2D eigenvalue weighted by Crippen LogP contribution is -2.20. The van der Waals surface area contributed by atoms with Gasteiger partial charge >= 0.3 is 6.03 Å². The van der Waals surface area contributed by atoms with Crippen LogP contribution in [-0.2, 0) is 7.05 Å². The van der Waals surface area contributed by atoms with Gasteiger partial charge in [-0.1, -0.05) is 0 Å². The number of aromatic nitrogens is 2. The lowest BCUT2D eigenvalue weighted by atomic mass is 10.3. The number of aryl methyl sites for hydroxylation is 1. The zero-order valence-electron chi connectivity index (χ0n) is 10.1. The number of thioether (sulfide) groups is 1. The van der Waals surface area contributed by atoms with Gasteiger partial charge in [-0.2, -0.15) is 10.4 Å². The van der Waals surface area contributed by atoms with E-state index in [1.807, 2.05) is 5.40 Å². The van der Waals surface area contributed by atoms with Crippen molar-refractivity contribution in [3.05, 3.63) is 36.5 Å². The molecule has 2 rings (SSSR count). The molecule has 2 aromatic rings. The van der Waals surface area contributed by atoms with E-state index < -0.39 is 0 Å². The molecule has 0 aliphatic rings. The molecule has 2 amide bonds. The summed E-state index contributed by atoms with van der Waals surface area (Å²) in [6.07, 6.45) is 1.60. The van der Waals surface area contributed by atoms with E-state index in [9.17, 15) is 4.79 Å². The molecule has 1 heterocycles. The molecule has 19 heavy (non-hydrogen) atoms. The summed E-state index contributed by atoms with van der Waals surface area (Å²) >= 11 is 1.07. The van der Waals surface area contributed by atoms with Crippen molar-refractivity contribution in [3.8, 4) is 5.40 Å². The number of carbonyl (C=O) groups is 1. The number of urea groups is 1. The third kappa shape index (κ3) is 3.50. The predicted octanol–water partition coefficient (Wildman–Crippen LogP) is 2.64. The van der Waals surface area contributed by atoms with E-state index in [1.54, 1.807) is 48.3 Å². The molecule has 0 saturated heterocycles. The Morgan fingerprint density at radius 1 is 1.32 bits per heavy atom. The molecular weight excluding hydrogens is 262 g/mol. The Bertz CT molecular complexity index is 614. The fourth-order valence-corrected chi connectivity index (χ4v) is 1.81. The van der Waals surface area contributed by atoms with Gasteiger partial charge in [0.25, 0.3) is 0 Å². The first-order chi connectivity index (χ1) is 9.19. The normalized spacial score (nSPS) is 9.68. The van der Waals surface area contributed by atoms with Crippen molar-refractivity contribution in [2.75, 3.05) is 10.6 Å². The molecule has 0 radical (unpaired) electrons. The van der Waals surface area contributed by atoms with Crippen molar-refractivity contribution in [2.24, 2.45) is 7.05 Å². The number of rotatable bonds is 3. The van der Waals surface area contributed by atoms with Crippen molar-refractivity contribution in [1.29, 1.82) is 5.26 Å². The highest BCUT2D eigenvalue weighted by atomic mass is 32.2. The molecule has 0 aliphatic heterocycles. The van der Waals surface area contributed by atoms with Gasteiger partial charge in [-0.15, -0.1) is 0 Å². The third-order valence-corrected chi connectivity index (χ3v) is 2.94. The van der Waals surface area contributed by atoms with E-state index in [1.165, 1.54) is 0 Å². The van der Waals surface area contributed by atoms with E-state index in [-0.39, 0.29) is 6.03 Å². The number of hydrogen-bond acceptors (Lipinski definition) is 4. The molecule has 0 spiro atoms. The maximum Gasteiger partial charge on any atom is 0.324 e. The molecule has 1 aromatic heterocycles. The minimum Gasteiger partial charge on any atom is -0.308 e. The highest BCUT2D eigenvalue weighted by molar-refractivity contribution is 8.03. The average Bonchev–Trinajstić information content (AvgIpc) is 2.78. The number of nitrogens with one attached hydrogen (secondary N) is 2. The van der Waals surface area contributed by atoms with E-state index in [0.717, 1.165) is 16.7 Å². The Kier molecular flexibility index (Phi) is 4.05. The maximum absolute atomic E-state index is 11.7. The summed E-state index contributed by atoms with van der Waals surface area (Å²) in [5.41, 5.74) is 0.655. The number of benzene rings is 1. The zero-order chi connectivity index (χ0) is 13.7. The molecule has 7 heteroatoms. The Hall–Kier alpha value is -2.46. The first-order valence-corrected chi connectivity index (χ1v) is 6.22. The number of carbonyl (C=O) groups excluding carboxylic acids is 1. The summed E-state index contributed by atoms with van der Waals surface area (Å²) in [5.74, 6) is 0.606. The molecule has 0 atom stereocenters. The number of anilines is 2. The van der Waals surface area contributed by atoms with Crippen LogP contribution in [0, 0.1) is 10.7 Å². The topological polar surface area (TPSA) is 82.7 Å². The van der Waals surface area contributed by atoms with Crippen LogP contribution in [0.5, 0.6) is 0 Å². The Morgan fingerprint density at radius 3 is 2.63 bits per heavy atom. The maximum atomic E-state index is 11.7. The molecule has 0 saturated carbocycles. The molecule has 2 N–H and O–H groups in total. The van der Waals surface area contributed by atoms with Crippen LogP contribution in [0.1, 0.15) is 0 Å². The van der Waals surface area contributed by atoms with Crippen molar-refractivity contribution in [2.45, 2.75) is 4.90 Å². The second-order valence-corrected chi connectivity index (χ2v) is 4.50. The van der Waals surface area contributed by atoms with Crippen LogP contribution >= 0.6 is 11.8 Å². The van der Waals surface area contributed by atoms with Crippen molar-refractivity contribution < 1.29 is 4.79 Å².